The number of hydrazone groups is 1. The fourth-order valence-corrected chi connectivity index (χ4v) is 2.10. The molecule has 6 nitrogen and oxygen atoms in total. The van der Waals surface area contributed by atoms with Crippen LogP contribution in [-0.2, 0) is 6.54 Å². The third-order valence-electron chi connectivity index (χ3n) is 3.25. The van der Waals surface area contributed by atoms with E-state index in [4.69, 9.17) is 5.73 Å². The zero-order valence-electron chi connectivity index (χ0n) is 12.8. The molecule has 1 aromatic carbocycles. The van der Waals surface area contributed by atoms with Crippen molar-refractivity contribution in [1.82, 2.24) is 15.4 Å². The number of para-hydroxylation sites is 1. The maximum atomic E-state index is 5.80. The lowest BCUT2D eigenvalue weighted by Crippen LogP contribution is -2.27. The van der Waals surface area contributed by atoms with Gasteiger partial charge in [-0.3, -0.25) is 9.97 Å². The van der Waals surface area contributed by atoms with Crippen molar-refractivity contribution in [3.05, 3.63) is 72.2 Å². The molecule has 7 heteroatoms. The molecule has 0 radical (unpaired) electrons. The number of guanidine groups is 1. The van der Waals surface area contributed by atoms with E-state index in [1.165, 1.54) is 0 Å². The Hall–Kier alpha value is -2.99. The smallest absolute Gasteiger partial charge is 0.209 e. The maximum Gasteiger partial charge on any atom is 0.209 e. The zero-order valence-corrected chi connectivity index (χ0v) is 13.6. The molecule has 0 saturated carbocycles. The number of aromatic nitrogens is 2. The van der Waals surface area contributed by atoms with Gasteiger partial charge in [-0.1, -0.05) is 18.2 Å². The van der Waals surface area contributed by atoms with Crippen LogP contribution in [0.25, 0.3) is 10.9 Å². The number of pyridine rings is 2. The summed E-state index contributed by atoms with van der Waals surface area (Å²) in [6, 6.07) is 13.6. The molecule has 122 valence electrons. The van der Waals surface area contributed by atoms with Gasteiger partial charge in [-0.15, -0.1) is 12.4 Å². The molecule has 2 aromatic heterocycles. The average Bonchev–Trinajstić information content (AvgIpc) is 2.61. The number of aliphatic imine (C=N–C) groups is 1. The molecule has 3 N–H and O–H groups in total. The Morgan fingerprint density at radius 3 is 2.71 bits per heavy atom. The Morgan fingerprint density at radius 2 is 1.88 bits per heavy atom. The van der Waals surface area contributed by atoms with Gasteiger partial charge in [0.25, 0.3) is 0 Å². The molecule has 0 aliphatic carbocycles. The van der Waals surface area contributed by atoms with Crippen molar-refractivity contribution >= 4 is 35.5 Å². The van der Waals surface area contributed by atoms with Crippen LogP contribution in [0, 0.1) is 0 Å². The van der Waals surface area contributed by atoms with Crippen LogP contribution >= 0.6 is 12.4 Å². The number of fused-ring (bicyclic) bond motifs is 1. The van der Waals surface area contributed by atoms with E-state index in [1.807, 2.05) is 42.5 Å². The van der Waals surface area contributed by atoms with Gasteiger partial charge >= 0.3 is 0 Å². The monoisotopic (exact) mass is 340 g/mol. The van der Waals surface area contributed by atoms with Gasteiger partial charge in [-0.25, -0.2) is 10.4 Å². The maximum absolute atomic E-state index is 5.80. The first-order valence-corrected chi connectivity index (χ1v) is 7.14. The number of hydrogen-bond donors (Lipinski definition) is 2. The van der Waals surface area contributed by atoms with Crippen LogP contribution in [0.2, 0.25) is 0 Å². The van der Waals surface area contributed by atoms with Crippen LogP contribution in [0.5, 0.6) is 0 Å². The number of nitrogens with zero attached hydrogens (tertiary/aromatic N) is 4. The summed E-state index contributed by atoms with van der Waals surface area (Å²) in [5, 5.41) is 5.17. The highest BCUT2D eigenvalue weighted by Crippen LogP contribution is 2.13. The van der Waals surface area contributed by atoms with Gasteiger partial charge in [0.15, 0.2) is 0 Å². The molecular weight excluding hydrogens is 324 g/mol. The molecule has 3 aromatic rings. The van der Waals surface area contributed by atoms with Crippen molar-refractivity contribution in [2.24, 2.45) is 15.8 Å². The third kappa shape index (κ3) is 4.50. The normalized spacial score (nSPS) is 11.4. The lowest BCUT2D eigenvalue weighted by molar-refractivity contribution is 0.961. The molecule has 3 rings (SSSR count). The van der Waals surface area contributed by atoms with Crippen molar-refractivity contribution in [3.8, 4) is 0 Å². The number of nitrogens with two attached hydrogens (primary N) is 1. The van der Waals surface area contributed by atoms with Crippen molar-refractivity contribution in [1.29, 1.82) is 0 Å². The fourth-order valence-electron chi connectivity index (χ4n) is 2.10. The van der Waals surface area contributed by atoms with Gasteiger partial charge in [0, 0.05) is 29.5 Å². The number of halogens is 1. The molecule has 24 heavy (non-hydrogen) atoms. The second-order valence-electron chi connectivity index (χ2n) is 4.84. The Labute approximate surface area is 146 Å². The summed E-state index contributed by atoms with van der Waals surface area (Å²) in [7, 11) is 0. The van der Waals surface area contributed by atoms with E-state index >= 15 is 0 Å². The fraction of sp³-hybridized carbons (Fsp3) is 0.0588. The standard InChI is InChI=1S/C17H16N6.ClH/c18-17(21-11-13-5-8-19-9-6-13)23-22-12-14-7-10-20-16-4-2-1-3-15(14)16;/h1-10,12H,11H2,(H3,18,21,23);1H/b22-12-;. The molecule has 0 saturated heterocycles. The zero-order chi connectivity index (χ0) is 15.9. The van der Waals surface area contributed by atoms with Gasteiger partial charge in [-0.2, -0.15) is 5.10 Å². The summed E-state index contributed by atoms with van der Waals surface area (Å²) in [6.45, 7) is 0.481. The first-order chi connectivity index (χ1) is 11.3. The number of benzene rings is 1. The van der Waals surface area contributed by atoms with Crippen LogP contribution < -0.4 is 11.2 Å². The van der Waals surface area contributed by atoms with E-state index in [0.29, 0.717) is 6.54 Å². The molecule has 0 unspecified atom stereocenters. The lowest BCUT2D eigenvalue weighted by Gasteiger charge is -2.02. The van der Waals surface area contributed by atoms with E-state index in [9.17, 15) is 0 Å². The second kappa shape index (κ2) is 8.59. The predicted molar refractivity (Wildman–Crippen MR) is 99.3 cm³/mol. The molecule has 0 spiro atoms. The summed E-state index contributed by atoms with van der Waals surface area (Å²) in [6.07, 6.45) is 6.91. The van der Waals surface area contributed by atoms with Crippen LogP contribution in [0.15, 0.2) is 71.1 Å². The first kappa shape index (κ1) is 17.4. The lowest BCUT2D eigenvalue weighted by atomic mass is 10.1. The first-order valence-electron chi connectivity index (χ1n) is 7.14. The minimum absolute atomic E-state index is 0. The minimum atomic E-state index is 0. The quantitative estimate of drug-likeness (QED) is 0.434. The van der Waals surface area contributed by atoms with Gasteiger partial charge in [0.2, 0.25) is 5.96 Å². The minimum Gasteiger partial charge on any atom is -0.369 e. The summed E-state index contributed by atoms with van der Waals surface area (Å²) in [5.74, 6) is 0.261. The number of hydrogen-bond acceptors (Lipinski definition) is 4. The number of rotatable bonds is 4. The largest absolute Gasteiger partial charge is 0.369 e. The molecule has 2 heterocycles. The Bertz CT molecular complexity index is 843. The SMILES string of the molecule is Cl.NC(=NCc1ccncc1)N/N=C\c1ccnc2ccccc12. The van der Waals surface area contributed by atoms with Crippen LogP contribution in [0.1, 0.15) is 11.1 Å². The Kier molecular flexibility index (Phi) is 6.22. The van der Waals surface area contributed by atoms with Crippen molar-refractivity contribution in [2.45, 2.75) is 6.54 Å². The third-order valence-corrected chi connectivity index (χ3v) is 3.25. The van der Waals surface area contributed by atoms with Crippen molar-refractivity contribution in [3.63, 3.8) is 0 Å². The second-order valence-corrected chi connectivity index (χ2v) is 4.84. The summed E-state index contributed by atoms with van der Waals surface area (Å²) in [4.78, 5) is 12.5. The summed E-state index contributed by atoms with van der Waals surface area (Å²) in [5.41, 5.74) is 11.4. The van der Waals surface area contributed by atoms with Gasteiger partial charge in [-0.05, 0) is 29.8 Å². The van der Waals surface area contributed by atoms with Crippen LogP contribution in [0.3, 0.4) is 0 Å². The van der Waals surface area contributed by atoms with Gasteiger partial charge < -0.3 is 5.73 Å². The highest BCUT2D eigenvalue weighted by molar-refractivity contribution is 5.98. The molecular formula is C17H17ClN6. The highest BCUT2D eigenvalue weighted by Gasteiger charge is 1.98. The molecule has 0 atom stereocenters. The highest BCUT2D eigenvalue weighted by atomic mass is 35.5. The van der Waals surface area contributed by atoms with Crippen molar-refractivity contribution < 1.29 is 0 Å². The van der Waals surface area contributed by atoms with Crippen LogP contribution in [-0.4, -0.2) is 22.1 Å². The van der Waals surface area contributed by atoms with Crippen molar-refractivity contribution in [2.75, 3.05) is 0 Å². The van der Waals surface area contributed by atoms with E-state index in [0.717, 1.165) is 22.0 Å². The average molecular weight is 341 g/mol. The van der Waals surface area contributed by atoms with Gasteiger partial charge in [0.1, 0.15) is 0 Å². The Balaban J connectivity index is 0.00000208. The Morgan fingerprint density at radius 1 is 1.08 bits per heavy atom. The molecule has 0 amide bonds. The molecule has 0 aliphatic heterocycles. The topological polar surface area (TPSA) is 88.5 Å². The number of nitrogens with one attached hydrogen (secondary N) is 1. The van der Waals surface area contributed by atoms with E-state index < -0.39 is 0 Å². The molecule has 0 fully saturated rings. The van der Waals surface area contributed by atoms with Crippen LogP contribution in [0.4, 0.5) is 0 Å². The van der Waals surface area contributed by atoms with Gasteiger partial charge in [0.05, 0.1) is 18.3 Å². The van der Waals surface area contributed by atoms with E-state index in [-0.39, 0.29) is 18.4 Å². The molecule has 0 bridgehead atoms. The molecule has 0 aliphatic rings. The van der Waals surface area contributed by atoms with E-state index in [2.05, 4.69) is 25.5 Å². The van der Waals surface area contributed by atoms with E-state index in [1.54, 1.807) is 24.8 Å². The summed E-state index contributed by atoms with van der Waals surface area (Å²) >= 11 is 0. The predicted octanol–water partition coefficient (Wildman–Crippen LogP) is 2.49. The summed E-state index contributed by atoms with van der Waals surface area (Å²) < 4.78 is 0.